The molecule has 2 rings (SSSR count). The standard InChI is InChI=1S/C14H12N2O4/c1-3-19-14(17)12-7-13(20-16-12)11-6-10(18-2)5-4-9(11)8-15/h4-7H,3H2,1-2H3. The van der Waals surface area contributed by atoms with Gasteiger partial charge in [0.15, 0.2) is 11.5 Å². The summed E-state index contributed by atoms with van der Waals surface area (Å²) in [5.41, 5.74) is 0.973. The highest BCUT2D eigenvalue weighted by Crippen LogP contribution is 2.28. The van der Waals surface area contributed by atoms with Gasteiger partial charge >= 0.3 is 5.97 Å². The van der Waals surface area contributed by atoms with Crippen LogP contribution in [0.2, 0.25) is 0 Å². The topological polar surface area (TPSA) is 85.4 Å². The van der Waals surface area contributed by atoms with Crippen molar-refractivity contribution in [1.82, 2.24) is 5.16 Å². The molecule has 0 unspecified atom stereocenters. The number of aromatic nitrogens is 1. The Morgan fingerprint density at radius 1 is 1.45 bits per heavy atom. The Kier molecular flexibility index (Phi) is 4.01. The maximum absolute atomic E-state index is 11.5. The van der Waals surface area contributed by atoms with Crippen LogP contribution in [0.25, 0.3) is 11.3 Å². The van der Waals surface area contributed by atoms with Gasteiger partial charge in [0.25, 0.3) is 0 Å². The number of nitriles is 1. The van der Waals surface area contributed by atoms with Crippen molar-refractivity contribution >= 4 is 5.97 Å². The van der Waals surface area contributed by atoms with Crippen molar-refractivity contribution in [2.24, 2.45) is 0 Å². The molecule has 0 atom stereocenters. The fourth-order valence-electron chi connectivity index (χ4n) is 1.66. The van der Waals surface area contributed by atoms with Crippen molar-refractivity contribution in [2.75, 3.05) is 13.7 Å². The number of methoxy groups -OCH3 is 1. The van der Waals surface area contributed by atoms with E-state index in [0.717, 1.165) is 0 Å². The molecule has 0 radical (unpaired) electrons. The third-order valence-corrected chi connectivity index (χ3v) is 2.61. The molecule has 0 bridgehead atoms. The Bertz CT molecular complexity index is 670. The molecule has 6 heteroatoms. The monoisotopic (exact) mass is 272 g/mol. The number of hydrogen-bond donors (Lipinski definition) is 0. The lowest BCUT2D eigenvalue weighted by Gasteiger charge is -2.03. The molecular formula is C14H12N2O4. The number of esters is 1. The summed E-state index contributed by atoms with van der Waals surface area (Å²) in [6.45, 7) is 1.96. The van der Waals surface area contributed by atoms with Gasteiger partial charge in [-0.2, -0.15) is 5.26 Å². The minimum atomic E-state index is -0.566. The predicted molar refractivity (Wildman–Crippen MR) is 69.2 cm³/mol. The van der Waals surface area contributed by atoms with Crippen molar-refractivity contribution in [1.29, 1.82) is 5.26 Å². The lowest BCUT2D eigenvalue weighted by molar-refractivity contribution is 0.0514. The normalized spacial score (nSPS) is 9.85. The van der Waals surface area contributed by atoms with Crippen LogP contribution in [0, 0.1) is 11.3 Å². The Balaban J connectivity index is 2.41. The van der Waals surface area contributed by atoms with Gasteiger partial charge in [0.2, 0.25) is 0 Å². The molecule has 1 aromatic heterocycles. The SMILES string of the molecule is CCOC(=O)c1cc(-c2cc(OC)ccc2C#N)on1. The van der Waals surface area contributed by atoms with Gasteiger partial charge in [-0.3, -0.25) is 0 Å². The molecule has 0 aliphatic carbocycles. The Morgan fingerprint density at radius 2 is 2.25 bits per heavy atom. The first-order valence-corrected chi connectivity index (χ1v) is 5.92. The summed E-state index contributed by atoms with van der Waals surface area (Å²) in [7, 11) is 1.52. The van der Waals surface area contributed by atoms with E-state index in [-0.39, 0.29) is 12.3 Å². The number of hydrogen-bond acceptors (Lipinski definition) is 6. The molecular weight excluding hydrogens is 260 g/mol. The van der Waals surface area contributed by atoms with E-state index in [2.05, 4.69) is 5.16 Å². The van der Waals surface area contributed by atoms with E-state index in [1.165, 1.54) is 13.2 Å². The molecule has 0 amide bonds. The zero-order valence-corrected chi connectivity index (χ0v) is 11.0. The van der Waals surface area contributed by atoms with E-state index >= 15 is 0 Å². The molecule has 0 saturated heterocycles. The molecule has 0 aliphatic heterocycles. The van der Waals surface area contributed by atoms with Crippen LogP contribution in [0.1, 0.15) is 23.0 Å². The van der Waals surface area contributed by atoms with Crippen molar-refractivity contribution in [2.45, 2.75) is 6.92 Å². The van der Waals surface area contributed by atoms with Gasteiger partial charge in [0.1, 0.15) is 5.75 Å². The third-order valence-electron chi connectivity index (χ3n) is 2.61. The molecule has 1 heterocycles. The van der Waals surface area contributed by atoms with E-state index in [1.54, 1.807) is 25.1 Å². The summed E-state index contributed by atoms with van der Waals surface area (Å²) in [4.78, 5) is 11.5. The summed E-state index contributed by atoms with van der Waals surface area (Å²) in [6, 6.07) is 8.42. The summed E-state index contributed by atoms with van der Waals surface area (Å²) < 4.78 is 15.0. The largest absolute Gasteiger partial charge is 0.497 e. The summed E-state index contributed by atoms with van der Waals surface area (Å²) in [6.07, 6.45) is 0. The van der Waals surface area contributed by atoms with E-state index in [4.69, 9.17) is 19.3 Å². The van der Waals surface area contributed by atoms with E-state index in [0.29, 0.717) is 22.6 Å². The van der Waals surface area contributed by atoms with Gasteiger partial charge in [-0.1, -0.05) is 5.16 Å². The smallest absolute Gasteiger partial charge is 0.360 e. The molecule has 102 valence electrons. The maximum Gasteiger partial charge on any atom is 0.360 e. The summed E-state index contributed by atoms with van der Waals surface area (Å²) in [5, 5.41) is 12.7. The second kappa shape index (κ2) is 5.89. The van der Waals surface area contributed by atoms with Gasteiger partial charge in [-0.15, -0.1) is 0 Å². The molecule has 2 aromatic rings. The van der Waals surface area contributed by atoms with Crippen molar-refractivity contribution in [3.05, 3.63) is 35.5 Å². The van der Waals surface area contributed by atoms with Gasteiger partial charge in [0.05, 0.1) is 25.3 Å². The van der Waals surface area contributed by atoms with Crippen LogP contribution in [0.5, 0.6) is 5.75 Å². The predicted octanol–water partition coefficient (Wildman–Crippen LogP) is 2.40. The average Bonchev–Trinajstić information content (AvgIpc) is 2.96. The lowest BCUT2D eigenvalue weighted by atomic mass is 10.1. The summed E-state index contributed by atoms with van der Waals surface area (Å²) in [5.74, 6) is 0.320. The van der Waals surface area contributed by atoms with Gasteiger partial charge in [-0.25, -0.2) is 4.79 Å². The molecule has 0 aliphatic rings. The van der Waals surface area contributed by atoms with Crippen LogP contribution in [0.4, 0.5) is 0 Å². The molecule has 0 saturated carbocycles. The zero-order chi connectivity index (χ0) is 14.5. The second-order valence-corrected chi connectivity index (χ2v) is 3.82. The average molecular weight is 272 g/mol. The number of carbonyl (C=O) groups is 1. The molecule has 1 aromatic carbocycles. The lowest BCUT2D eigenvalue weighted by Crippen LogP contribution is -2.04. The van der Waals surface area contributed by atoms with E-state index < -0.39 is 5.97 Å². The number of benzene rings is 1. The van der Waals surface area contributed by atoms with Crippen LogP contribution >= 0.6 is 0 Å². The Hall–Kier alpha value is -2.81. The number of carbonyl (C=O) groups excluding carboxylic acids is 1. The van der Waals surface area contributed by atoms with E-state index in [1.807, 2.05) is 6.07 Å². The Morgan fingerprint density at radius 3 is 2.90 bits per heavy atom. The number of rotatable bonds is 4. The zero-order valence-electron chi connectivity index (χ0n) is 11.0. The first-order valence-electron chi connectivity index (χ1n) is 5.92. The highest BCUT2D eigenvalue weighted by Gasteiger charge is 2.17. The molecule has 0 fully saturated rings. The van der Waals surface area contributed by atoms with Crippen molar-refractivity contribution in [3.63, 3.8) is 0 Å². The molecule has 6 nitrogen and oxygen atoms in total. The number of ether oxygens (including phenoxy) is 2. The van der Waals surface area contributed by atoms with Crippen LogP contribution in [-0.2, 0) is 4.74 Å². The molecule has 0 N–H and O–H groups in total. The minimum Gasteiger partial charge on any atom is -0.497 e. The fourth-order valence-corrected chi connectivity index (χ4v) is 1.66. The summed E-state index contributed by atoms with van der Waals surface area (Å²) >= 11 is 0. The molecule has 20 heavy (non-hydrogen) atoms. The van der Waals surface area contributed by atoms with Gasteiger partial charge in [0, 0.05) is 11.6 Å². The highest BCUT2D eigenvalue weighted by atomic mass is 16.5. The highest BCUT2D eigenvalue weighted by molar-refractivity contribution is 5.88. The first-order chi connectivity index (χ1) is 9.69. The van der Waals surface area contributed by atoms with Crippen LogP contribution in [-0.4, -0.2) is 24.8 Å². The minimum absolute atomic E-state index is 0.0635. The van der Waals surface area contributed by atoms with Gasteiger partial charge in [-0.05, 0) is 25.1 Å². The second-order valence-electron chi connectivity index (χ2n) is 3.82. The van der Waals surface area contributed by atoms with Gasteiger partial charge < -0.3 is 14.0 Å². The Labute approximate surface area is 115 Å². The maximum atomic E-state index is 11.5. The van der Waals surface area contributed by atoms with Crippen LogP contribution in [0.3, 0.4) is 0 Å². The van der Waals surface area contributed by atoms with Crippen LogP contribution < -0.4 is 4.74 Å². The van der Waals surface area contributed by atoms with Crippen molar-refractivity contribution < 1.29 is 18.8 Å². The van der Waals surface area contributed by atoms with Crippen molar-refractivity contribution in [3.8, 4) is 23.1 Å². The molecule has 0 spiro atoms. The number of nitrogens with zero attached hydrogens (tertiary/aromatic N) is 2. The quantitative estimate of drug-likeness (QED) is 0.794. The third kappa shape index (κ3) is 2.62. The van der Waals surface area contributed by atoms with E-state index in [9.17, 15) is 4.79 Å². The fraction of sp³-hybridized carbons (Fsp3) is 0.214. The van der Waals surface area contributed by atoms with Crippen LogP contribution in [0.15, 0.2) is 28.8 Å². The first kappa shape index (κ1) is 13.6.